The van der Waals surface area contributed by atoms with E-state index < -0.39 is 0 Å². The van der Waals surface area contributed by atoms with Crippen molar-refractivity contribution in [3.63, 3.8) is 0 Å². The van der Waals surface area contributed by atoms with Crippen LogP contribution in [-0.4, -0.2) is 10.5 Å². The Morgan fingerprint density at radius 2 is 1.94 bits per heavy atom. The number of thioether (sulfide) groups is 1. The average Bonchev–Trinajstić information content (AvgIpc) is 2.73. The molecule has 1 heterocycles. The SMILES string of the molecule is Cc1cc(C)c(CC2(C#N)CCCS2)c(C)c1. The molecule has 0 spiro atoms. The molecule has 1 fully saturated rings. The van der Waals surface area contributed by atoms with Gasteiger partial charge in [0.15, 0.2) is 0 Å². The van der Waals surface area contributed by atoms with E-state index in [1.807, 2.05) is 11.8 Å². The summed E-state index contributed by atoms with van der Waals surface area (Å²) >= 11 is 1.85. The summed E-state index contributed by atoms with van der Waals surface area (Å²) < 4.78 is -0.162. The number of hydrogen-bond acceptors (Lipinski definition) is 2. The number of benzene rings is 1. The molecule has 0 radical (unpaired) electrons. The van der Waals surface area contributed by atoms with Crippen molar-refractivity contribution < 1.29 is 0 Å². The van der Waals surface area contributed by atoms with E-state index in [1.54, 1.807) is 0 Å². The minimum Gasteiger partial charge on any atom is -0.197 e. The maximum absolute atomic E-state index is 9.44. The fraction of sp³-hybridized carbons (Fsp3) is 0.533. The summed E-state index contributed by atoms with van der Waals surface area (Å²) in [6.07, 6.45) is 3.13. The molecule has 2 heteroatoms. The Balaban J connectivity index is 2.33. The topological polar surface area (TPSA) is 23.8 Å². The van der Waals surface area contributed by atoms with Crippen LogP contribution in [0.4, 0.5) is 0 Å². The number of aryl methyl sites for hydroxylation is 3. The second-order valence-electron chi connectivity index (χ2n) is 5.11. The highest BCUT2D eigenvalue weighted by Gasteiger charge is 2.35. The molecule has 1 aliphatic heterocycles. The predicted octanol–water partition coefficient (Wildman–Crippen LogP) is 3.94. The summed E-state index contributed by atoms with van der Waals surface area (Å²) in [6.45, 7) is 6.47. The lowest BCUT2D eigenvalue weighted by Crippen LogP contribution is -2.22. The van der Waals surface area contributed by atoms with Crippen molar-refractivity contribution in [2.75, 3.05) is 5.75 Å². The molecule has 0 bridgehead atoms. The minimum absolute atomic E-state index is 0.162. The number of nitrogens with zero attached hydrogens (tertiary/aromatic N) is 1. The van der Waals surface area contributed by atoms with Crippen LogP contribution < -0.4 is 0 Å². The zero-order valence-electron chi connectivity index (χ0n) is 10.8. The van der Waals surface area contributed by atoms with Crippen LogP contribution >= 0.6 is 11.8 Å². The second-order valence-corrected chi connectivity index (χ2v) is 6.59. The van der Waals surface area contributed by atoms with Gasteiger partial charge in [-0.2, -0.15) is 5.26 Å². The summed E-state index contributed by atoms with van der Waals surface area (Å²) in [6, 6.07) is 7.02. The summed E-state index contributed by atoms with van der Waals surface area (Å²) in [5, 5.41) is 9.44. The van der Waals surface area contributed by atoms with E-state index in [1.165, 1.54) is 28.7 Å². The Morgan fingerprint density at radius 1 is 1.29 bits per heavy atom. The number of nitriles is 1. The average molecular weight is 245 g/mol. The first-order valence-corrected chi connectivity index (χ1v) is 7.17. The molecule has 0 aliphatic carbocycles. The highest BCUT2D eigenvalue weighted by molar-refractivity contribution is 8.01. The maximum atomic E-state index is 9.44. The van der Waals surface area contributed by atoms with Crippen molar-refractivity contribution in [2.45, 2.75) is 44.8 Å². The van der Waals surface area contributed by atoms with Crippen molar-refractivity contribution in [3.8, 4) is 6.07 Å². The standard InChI is InChI=1S/C15H19NS/c1-11-7-12(2)14(13(3)8-11)9-15(10-16)5-4-6-17-15/h7-8H,4-6,9H2,1-3H3. The second kappa shape index (κ2) is 4.74. The molecule has 0 N–H and O–H groups in total. The van der Waals surface area contributed by atoms with Crippen LogP contribution in [0.15, 0.2) is 12.1 Å². The molecule has 90 valence electrons. The fourth-order valence-electron chi connectivity index (χ4n) is 2.74. The molecule has 1 nitrogen and oxygen atoms in total. The zero-order valence-corrected chi connectivity index (χ0v) is 11.7. The Kier molecular flexibility index (Phi) is 3.49. The van der Waals surface area contributed by atoms with Crippen LogP contribution in [0.2, 0.25) is 0 Å². The molecule has 1 unspecified atom stereocenters. The van der Waals surface area contributed by atoms with Gasteiger partial charge in [-0.25, -0.2) is 0 Å². The summed E-state index contributed by atoms with van der Waals surface area (Å²) in [4.78, 5) is 0. The highest BCUT2D eigenvalue weighted by atomic mass is 32.2. The fourth-order valence-corrected chi connectivity index (χ4v) is 4.02. The molecule has 1 saturated heterocycles. The van der Waals surface area contributed by atoms with Crippen molar-refractivity contribution in [1.29, 1.82) is 5.26 Å². The van der Waals surface area contributed by atoms with Crippen LogP contribution in [-0.2, 0) is 6.42 Å². The Hall–Kier alpha value is -0.940. The lowest BCUT2D eigenvalue weighted by Gasteiger charge is -2.22. The van der Waals surface area contributed by atoms with Gasteiger partial charge in [0.1, 0.15) is 4.75 Å². The van der Waals surface area contributed by atoms with Gasteiger partial charge in [-0.1, -0.05) is 17.7 Å². The Labute approximate surface area is 108 Å². The van der Waals surface area contributed by atoms with Crippen LogP contribution in [0, 0.1) is 32.1 Å². The van der Waals surface area contributed by atoms with E-state index in [0.29, 0.717) is 0 Å². The molecule has 0 aromatic heterocycles. The van der Waals surface area contributed by atoms with Gasteiger partial charge >= 0.3 is 0 Å². The van der Waals surface area contributed by atoms with E-state index in [9.17, 15) is 5.26 Å². The van der Waals surface area contributed by atoms with E-state index in [-0.39, 0.29) is 4.75 Å². The molecular weight excluding hydrogens is 226 g/mol. The Bertz CT molecular complexity index is 441. The normalized spacial score (nSPS) is 23.6. The summed E-state index contributed by atoms with van der Waals surface area (Å²) in [5.41, 5.74) is 5.37. The number of rotatable bonds is 2. The first-order valence-electron chi connectivity index (χ1n) is 6.18. The molecule has 0 saturated carbocycles. The monoisotopic (exact) mass is 245 g/mol. The van der Waals surface area contributed by atoms with Gasteiger partial charge in [0, 0.05) is 6.42 Å². The van der Waals surface area contributed by atoms with Gasteiger partial charge in [-0.05, 0) is 56.1 Å². The van der Waals surface area contributed by atoms with Crippen LogP contribution in [0.5, 0.6) is 0 Å². The van der Waals surface area contributed by atoms with Crippen molar-refractivity contribution in [3.05, 3.63) is 34.4 Å². The maximum Gasteiger partial charge on any atom is 0.106 e. The molecule has 1 aromatic carbocycles. The van der Waals surface area contributed by atoms with Gasteiger partial charge in [-0.15, -0.1) is 11.8 Å². The van der Waals surface area contributed by atoms with Gasteiger partial charge in [0.05, 0.1) is 6.07 Å². The van der Waals surface area contributed by atoms with E-state index in [4.69, 9.17) is 0 Å². The van der Waals surface area contributed by atoms with Crippen LogP contribution in [0.3, 0.4) is 0 Å². The first-order chi connectivity index (χ1) is 8.06. The molecule has 17 heavy (non-hydrogen) atoms. The van der Waals surface area contributed by atoms with E-state index >= 15 is 0 Å². The molecule has 1 aromatic rings. The van der Waals surface area contributed by atoms with E-state index in [0.717, 1.165) is 18.6 Å². The summed E-state index contributed by atoms with van der Waals surface area (Å²) in [7, 11) is 0. The highest BCUT2D eigenvalue weighted by Crippen LogP contribution is 2.41. The van der Waals surface area contributed by atoms with Crippen LogP contribution in [0.1, 0.15) is 35.1 Å². The molecule has 1 atom stereocenters. The zero-order chi connectivity index (χ0) is 12.5. The lowest BCUT2D eigenvalue weighted by atomic mass is 9.89. The molecular formula is C15H19NS. The van der Waals surface area contributed by atoms with Crippen LogP contribution in [0.25, 0.3) is 0 Å². The first kappa shape index (κ1) is 12.5. The predicted molar refractivity (Wildman–Crippen MR) is 74.4 cm³/mol. The van der Waals surface area contributed by atoms with Crippen molar-refractivity contribution >= 4 is 11.8 Å². The molecule has 1 aliphatic rings. The van der Waals surface area contributed by atoms with E-state index in [2.05, 4.69) is 39.0 Å². The third kappa shape index (κ3) is 2.50. The van der Waals surface area contributed by atoms with Crippen molar-refractivity contribution in [1.82, 2.24) is 0 Å². The smallest absolute Gasteiger partial charge is 0.106 e. The molecule has 2 rings (SSSR count). The molecule has 0 amide bonds. The van der Waals surface area contributed by atoms with Gasteiger partial charge in [0.2, 0.25) is 0 Å². The third-order valence-corrected chi connectivity index (χ3v) is 5.09. The number of hydrogen-bond donors (Lipinski definition) is 0. The quantitative estimate of drug-likeness (QED) is 0.788. The van der Waals surface area contributed by atoms with Gasteiger partial charge < -0.3 is 0 Å². The summed E-state index contributed by atoms with van der Waals surface area (Å²) in [5.74, 6) is 1.14. The largest absolute Gasteiger partial charge is 0.197 e. The van der Waals surface area contributed by atoms with Gasteiger partial charge in [0.25, 0.3) is 0 Å². The minimum atomic E-state index is -0.162. The Morgan fingerprint density at radius 3 is 2.41 bits per heavy atom. The van der Waals surface area contributed by atoms with Gasteiger partial charge in [-0.3, -0.25) is 0 Å². The van der Waals surface area contributed by atoms with Crippen molar-refractivity contribution in [2.24, 2.45) is 0 Å². The lowest BCUT2D eigenvalue weighted by molar-refractivity contribution is 0.668. The third-order valence-electron chi connectivity index (χ3n) is 3.61.